The van der Waals surface area contributed by atoms with Crippen LogP contribution in [0.2, 0.25) is 0 Å². The van der Waals surface area contributed by atoms with Gasteiger partial charge in [-0.1, -0.05) is 30.3 Å². The lowest BCUT2D eigenvalue weighted by molar-refractivity contribution is 0.0951. The van der Waals surface area contributed by atoms with E-state index >= 15 is 0 Å². The van der Waals surface area contributed by atoms with Crippen LogP contribution < -0.4 is 10.4 Å². The number of nitrogens with zero attached hydrogens (tertiary/aromatic N) is 1. The first-order valence-corrected chi connectivity index (χ1v) is 6.38. The molecule has 0 spiro atoms. The second-order valence-electron chi connectivity index (χ2n) is 4.47. The summed E-state index contributed by atoms with van der Waals surface area (Å²) in [6, 6.07) is 17.1. The monoisotopic (exact) mass is 270 g/mol. The maximum absolute atomic E-state index is 12.2. The molecule has 4 heteroatoms. The van der Waals surface area contributed by atoms with Crippen LogP contribution in [0.5, 0.6) is 0 Å². The average Bonchev–Trinajstić information content (AvgIpc) is 2.48. The summed E-state index contributed by atoms with van der Waals surface area (Å²) >= 11 is 0. The Kier molecular flexibility index (Phi) is 4.74. The lowest BCUT2D eigenvalue weighted by Gasteiger charge is -2.20. The molecule has 2 rings (SSSR count). The van der Waals surface area contributed by atoms with E-state index in [0.717, 1.165) is 11.3 Å². The van der Waals surface area contributed by atoms with Gasteiger partial charge in [0.2, 0.25) is 0 Å². The number of hydrazine groups is 1. The number of amides is 1. The molecule has 0 fully saturated rings. The molecular formula is C16H18N2O2. The van der Waals surface area contributed by atoms with Crippen molar-refractivity contribution in [3.63, 3.8) is 0 Å². The number of carbonyl (C=O) groups excluding carboxylic acids is 1. The summed E-state index contributed by atoms with van der Waals surface area (Å²) in [4.78, 5) is 12.2. The normalized spacial score (nSPS) is 10.1. The summed E-state index contributed by atoms with van der Waals surface area (Å²) in [6.45, 7) is 0.496. The van der Waals surface area contributed by atoms with Crippen molar-refractivity contribution in [3.8, 4) is 0 Å². The van der Waals surface area contributed by atoms with E-state index in [1.807, 2.05) is 55.6 Å². The molecule has 1 N–H and O–H groups in total. The van der Waals surface area contributed by atoms with Gasteiger partial charge in [-0.3, -0.25) is 15.2 Å². The summed E-state index contributed by atoms with van der Waals surface area (Å²) in [7, 11) is 3.45. The zero-order valence-corrected chi connectivity index (χ0v) is 11.7. The van der Waals surface area contributed by atoms with Gasteiger partial charge in [-0.05, 0) is 29.8 Å². The molecule has 0 aromatic heterocycles. The minimum atomic E-state index is -0.144. The molecule has 104 valence electrons. The molecule has 0 atom stereocenters. The third-order valence-corrected chi connectivity index (χ3v) is 2.91. The molecule has 1 amide bonds. The van der Waals surface area contributed by atoms with Gasteiger partial charge in [0.05, 0.1) is 12.3 Å². The summed E-state index contributed by atoms with van der Waals surface area (Å²) in [5.41, 5.74) is 5.35. The fraction of sp³-hybridized carbons (Fsp3) is 0.188. The van der Waals surface area contributed by atoms with Crippen molar-refractivity contribution in [3.05, 3.63) is 65.7 Å². The Hall–Kier alpha value is -2.33. The Balaban J connectivity index is 2.06. The van der Waals surface area contributed by atoms with Gasteiger partial charge in [0.15, 0.2) is 0 Å². The number of hydrogen-bond acceptors (Lipinski definition) is 3. The van der Waals surface area contributed by atoms with E-state index in [4.69, 9.17) is 4.74 Å². The maximum atomic E-state index is 12.2. The van der Waals surface area contributed by atoms with E-state index < -0.39 is 0 Å². The Bertz CT molecular complexity index is 570. The Labute approximate surface area is 119 Å². The van der Waals surface area contributed by atoms with E-state index in [1.165, 1.54) is 0 Å². The van der Waals surface area contributed by atoms with E-state index in [-0.39, 0.29) is 5.91 Å². The highest BCUT2D eigenvalue weighted by atomic mass is 16.5. The molecule has 0 heterocycles. The number of rotatable bonds is 5. The smallest absolute Gasteiger partial charge is 0.269 e. The second kappa shape index (κ2) is 6.73. The lowest BCUT2D eigenvalue weighted by atomic mass is 10.1. The van der Waals surface area contributed by atoms with Crippen molar-refractivity contribution in [1.82, 2.24) is 5.43 Å². The molecule has 0 aliphatic heterocycles. The number of carbonyl (C=O) groups is 1. The molecular weight excluding hydrogens is 252 g/mol. The van der Waals surface area contributed by atoms with Crippen LogP contribution in [0.3, 0.4) is 0 Å². The molecule has 0 saturated carbocycles. The maximum Gasteiger partial charge on any atom is 0.269 e. The highest BCUT2D eigenvalue weighted by molar-refractivity contribution is 5.95. The van der Waals surface area contributed by atoms with Crippen LogP contribution in [0.25, 0.3) is 0 Å². The van der Waals surface area contributed by atoms with Gasteiger partial charge < -0.3 is 4.74 Å². The third kappa shape index (κ3) is 3.59. The van der Waals surface area contributed by atoms with Crippen molar-refractivity contribution < 1.29 is 9.53 Å². The van der Waals surface area contributed by atoms with E-state index in [2.05, 4.69) is 5.43 Å². The fourth-order valence-electron chi connectivity index (χ4n) is 1.90. The van der Waals surface area contributed by atoms with Crippen LogP contribution in [0.4, 0.5) is 5.69 Å². The summed E-state index contributed by atoms with van der Waals surface area (Å²) < 4.78 is 5.07. The predicted octanol–water partition coefficient (Wildman–Crippen LogP) is 2.61. The molecule has 0 unspecified atom stereocenters. The predicted molar refractivity (Wildman–Crippen MR) is 79.5 cm³/mol. The Morgan fingerprint density at radius 3 is 2.60 bits per heavy atom. The van der Waals surface area contributed by atoms with E-state index in [9.17, 15) is 4.79 Å². The second-order valence-corrected chi connectivity index (χ2v) is 4.47. The molecule has 2 aromatic rings. The summed E-state index contributed by atoms with van der Waals surface area (Å²) in [6.07, 6.45) is 0. The van der Waals surface area contributed by atoms with Gasteiger partial charge in [-0.25, -0.2) is 0 Å². The minimum Gasteiger partial charge on any atom is -0.380 e. The number of benzene rings is 2. The molecule has 0 bridgehead atoms. The molecule has 2 aromatic carbocycles. The number of nitrogens with one attached hydrogen (secondary N) is 1. The van der Waals surface area contributed by atoms with Crippen LogP contribution in [0.15, 0.2) is 54.6 Å². The van der Waals surface area contributed by atoms with Gasteiger partial charge in [-0.2, -0.15) is 0 Å². The zero-order chi connectivity index (χ0) is 14.4. The highest BCUT2D eigenvalue weighted by Gasteiger charge is 2.09. The molecule has 0 radical (unpaired) electrons. The average molecular weight is 270 g/mol. The van der Waals surface area contributed by atoms with Gasteiger partial charge in [0.1, 0.15) is 0 Å². The van der Waals surface area contributed by atoms with E-state index in [1.54, 1.807) is 18.2 Å². The van der Waals surface area contributed by atoms with Crippen LogP contribution >= 0.6 is 0 Å². The quantitative estimate of drug-likeness (QED) is 0.849. The highest BCUT2D eigenvalue weighted by Crippen LogP contribution is 2.10. The van der Waals surface area contributed by atoms with Crippen LogP contribution in [0, 0.1) is 0 Å². The first-order chi connectivity index (χ1) is 9.70. The minimum absolute atomic E-state index is 0.144. The van der Waals surface area contributed by atoms with Gasteiger partial charge in [-0.15, -0.1) is 0 Å². The SMILES string of the molecule is COCc1cccc(C(=O)NN(C)c2ccccc2)c1. The van der Waals surface area contributed by atoms with Crippen LogP contribution in [-0.2, 0) is 11.3 Å². The molecule has 4 nitrogen and oxygen atoms in total. The van der Waals surface area contributed by atoms with E-state index in [0.29, 0.717) is 12.2 Å². The Morgan fingerprint density at radius 1 is 1.15 bits per heavy atom. The number of ether oxygens (including phenoxy) is 1. The number of para-hydroxylation sites is 1. The largest absolute Gasteiger partial charge is 0.380 e. The van der Waals surface area contributed by atoms with Crippen molar-refractivity contribution in [2.45, 2.75) is 6.61 Å². The van der Waals surface area contributed by atoms with Crippen molar-refractivity contribution in [2.24, 2.45) is 0 Å². The number of methoxy groups -OCH3 is 1. The lowest BCUT2D eigenvalue weighted by Crippen LogP contribution is -2.39. The molecule has 20 heavy (non-hydrogen) atoms. The van der Waals surface area contributed by atoms with Gasteiger partial charge in [0.25, 0.3) is 5.91 Å². The third-order valence-electron chi connectivity index (χ3n) is 2.91. The first-order valence-electron chi connectivity index (χ1n) is 6.38. The summed E-state index contributed by atoms with van der Waals surface area (Å²) in [5.74, 6) is -0.144. The standard InChI is InChI=1S/C16H18N2O2/c1-18(15-9-4-3-5-10-15)17-16(19)14-8-6-7-13(11-14)12-20-2/h3-11H,12H2,1-2H3,(H,17,19). The zero-order valence-electron chi connectivity index (χ0n) is 11.7. The number of hydrogen-bond donors (Lipinski definition) is 1. The van der Waals surface area contributed by atoms with Gasteiger partial charge in [0, 0.05) is 19.7 Å². The molecule has 0 aliphatic rings. The van der Waals surface area contributed by atoms with Gasteiger partial charge >= 0.3 is 0 Å². The first kappa shape index (κ1) is 14.1. The fourth-order valence-corrected chi connectivity index (χ4v) is 1.90. The number of anilines is 1. The topological polar surface area (TPSA) is 41.6 Å². The van der Waals surface area contributed by atoms with Crippen molar-refractivity contribution in [1.29, 1.82) is 0 Å². The molecule has 0 saturated heterocycles. The van der Waals surface area contributed by atoms with Crippen LogP contribution in [0.1, 0.15) is 15.9 Å². The van der Waals surface area contributed by atoms with Crippen molar-refractivity contribution >= 4 is 11.6 Å². The molecule has 0 aliphatic carbocycles. The Morgan fingerprint density at radius 2 is 1.90 bits per heavy atom. The van der Waals surface area contributed by atoms with Crippen LogP contribution in [-0.4, -0.2) is 20.1 Å². The van der Waals surface area contributed by atoms with Crippen molar-refractivity contribution in [2.75, 3.05) is 19.2 Å². The summed E-state index contributed by atoms with van der Waals surface area (Å²) in [5, 5.41) is 1.70.